The number of aromatic nitrogens is 1. The summed E-state index contributed by atoms with van der Waals surface area (Å²) < 4.78 is 9.14. The fourth-order valence-electron chi connectivity index (χ4n) is 1.01. The van der Waals surface area contributed by atoms with Gasteiger partial charge >= 0.3 is 0 Å². The van der Waals surface area contributed by atoms with Gasteiger partial charge in [-0.15, -0.1) is 6.58 Å². The summed E-state index contributed by atoms with van der Waals surface area (Å²) in [4.78, 5) is 0. The molecule has 0 spiro atoms. The van der Waals surface area contributed by atoms with E-state index in [0.29, 0.717) is 11.6 Å². The van der Waals surface area contributed by atoms with Crippen LogP contribution in [-0.4, -0.2) is 29.5 Å². The van der Waals surface area contributed by atoms with Gasteiger partial charge in [0, 0.05) is 18.1 Å². The Morgan fingerprint density at radius 3 is 3.20 bits per heavy atom. The molecule has 3 N–H and O–H groups in total. The molecule has 0 radical (unpaired) electrons. The molecule has 0 amide bonds. The van der Waals surface area contributed by atoms with Crippen LogP contribution in [0.25, 0.3) is 0 Å². The van der Waals surface area contributed by atoms with Gasteiger partial charge in [-0.2, -0.15) is 16.1 Å². The highest BCUT2D eigenvalue weighted by Crippen LogP contribution is 2.34. The summed E-state index contributed by atoms with van der Waals surface area (Å²) in [5, 5.41) is 4.14. The Morgan fingerprint density at radius 2 is 2.53 bits per heavy atom. The number of rotatable bonds is 7. The molecule has 0 saturated heterocycles. The normalized spacial score (nSPS) is 9.93. The minimum absolute atomic E-state index is 0.448. The lowest BCUT2D eigenvalue weighted by Crippen LogP contribution is -2.04. The Balaban J connectivity index is 2.33. The van der Waals surface area contributed by atoms with E-state index in [1.807, 2.05) is 17.8 Å². The van der Waals surface area contributed by atoms with Crippen molar-refractivity contribution in [1.82, 2.24) is 4.37 Å². The van der Waals surface area contributed by atoms with E-state index < -0.39 is 0 Å². The monoisotopic (exact) mass is 245 g/mol. The third-order valence-electron chi connectivity index (χ3n) is 1.65. The first-order valence-electron chi connectivity index (χ1n) is 4.51. The fourth-order valence-corrected chi connectivity index (χ4v) is 2.30. The highest BCUT2D eigenvalue weighted by Gasteiger charge is 2.10. The van der Waals surface area contributed by atoms with Crippen LogP contribution in [0.3, 0.4) is 0 Å². The minimum atomic E-state index is 0.448. The van der Waals surface area contributed by atoms with Crippen molar-refractivity contribution in [2.75, 3.05) is 36.2 Å². The summed E-state index contributed by atoms with van der Waals surface area (Å²) in [7, 11) is 1.59. The van der Waals surface area contributed by atoms with Crippen LogP contribution >= 0.6 is 23.3 Å². The summed E-state index contributed by atoms with van der Waals surface area (Å²) in [5.41, 5.74) is 5.62. The van der Waals surface area contributed by atoms with Crippen LogP contribution < -0.4 is 15.8 Å². The molecule has 0 saturated carbocycles. The number of ether oxygens (including phenoxy) is 1. The van der Waals surface area contributed by atoms with E-state index in [0.717, 1.165) is 23.1 Å². The molecule has 1 heterocycles. The summed E-state index contributed by atoms with van der Waals surface area (Å²) in [5.74, 6) is 3.09. The Bertz CT molecular complexity index is 314. The highest BCUT2D eigenvalue weighted by molar-refractivity contribution is 7.99. The third-order valence-corrected chi connectivity index (χ3v) is 3.41. The zero-order chi connectivity index (χ0) is 11.1. The summed E-state index contributed by atoms with van der Waals surface area (Å²) in [6.07, 6.45) is 1.90. The van der Waals surface area contributed by atoms with Crippen LogP contribution in [0.1, 0.15) is 0 Å². The van der Waals surface area contributed by atoms with Gasteiger partial charge in [-0.3, -0.25) is 0 Å². The Morgan fingerprint density at radius 1 is 1.73 bits per heavy atom. The van der Waals surface area contributed by atoms with Gasteiger partial charge < -0.3 is 15.8 Å². The lowest BCUT2D eigenvalue weighted by atomic mass is 10.5. The molecule has 0 unspecified atom stereocenters. The first-order valence-corrected chi connectivity index (χ1v) is 6.44. The molecule has 1 rings (SSSR count). The average molecular weight is 245 g/mol. The second-order valence-corrected chi connectivity index (χ2v) is 4.64. The Labute approximate surface area is 98.1 Å². The molecule has 0 aliphatic carbocycles. The van der Waals surface area contributed by atoms with Crippen molar-refractivity contribution in [3.63, 3.8) is 0 Å². The van der Waals surface area contributed by atoms with Crippen LogP contribution in [0.2, 0.25) is 0 Å². The highest BCUT2D eigenvalue weighted by atomic mass is 32.2. The van der Waals surface area contributed by atoms with Crippen LogP contribution in [-0.2, 0) is 0 Å². The largest absolute Gasteiger partial charge is 0.490 e. The van der Waals surface area contributed by atoms with E-state index in [-0.39, 0.29) is 0 Å². The van der Waals surface area contributed by atoms with Gasteiger partial charge in [0.05, 0.1) is 7.11 Å². The molecule has 0 bridgehead atoms. The lowest BCUT2D eigenvalue weighted by Gasteiger charge is -2.04. The molecule has 4 nitrogen and oxygen atoms in total. The second kappa shape index (κ2) is 6.58. The maximum absolute atomic E-state index is 5.62. The zero-order valence-electron chi connectivity index (χ0n) is 8.66. The number of hydrogen-bond acceptors (Lipinski definition) is 6. The van der Waals surface area contributed by atoms with Crippen molar-refractivity contribution >= 4 is 34.1 Å². The molecule has 6 heteroatoms. The van der Waals surface area contributed by atoms with Crippen LogP contribution in [0.4, 0.5) is 10.8 Å². The summed E-state index contributed by atoms with van der Waals surface area (Å²) in [6.45, 7) is 4.53. The summed E-state index contributed by atoms with van der Waals surface area (Å²) >= 11 is 3.15. The van der Waals surface area contributed by atoms with Crippen LogP contribution in [0.15, 0.2) is 12.7 Å². The molecular weight excluding hydrogens is 230 g/mol. The number of thioether (sulfide) groups is 1. The maximum atomic E-state index is 5.62. The molecule has 0 aliphatic rings. The number of hydrogen-bond donors (Lipinski definition) is 2. The van der Waals surface area contributed by atoms with Crippen molar-refractivity contribution in [3.8, 4) is 5.75 Å². The molecule has 1 aromatic heterocycles. The van der Waals surface area contributed by atoms with Gasteiger partial charge in [0.15, 0.2) is 16.6 Å². The number of anilines is 2. The van der Waals surface area contributed by atoms with Gasteiger partial charge in [0.2, 0.25) is 0 Å². The molecule has 15 heavy (non-hydrogen) atoms. The second-order valence-electron chi connectivity index (χ2n) is 2.72. The first kappa shape index (κ1) is 12.2. The number of nitrogens with one attached hydrogen (secondary N) is 1. The predicted molar refractivity (Wildman–Crippen MR) is 69.1 cm³/mol. The van der Waals surface area contributed by atoms with Gasteiger partial charge in [-0.1, -0.05) is 6.08 Å². The van der Waals surface area contributed by atoms with E-state index in [1.54, 1.807) is 7.11 Å². The van der Waals surface area contributed by atoms with E-state index in [1.165, 1.54) is 11.5 Å². The first-order chi connectivity index (χ1) is 7.29. The predicted octanol–water partition coefficient (Wildman–Crippen LogP) is 2.06. The molecule has 0 fully saturated rings. The maximum Gasteiger partial charge on any atom is 0.197 e. The topological polar surface area (TPSA) is 60.2 Å². The number of nitrogen functional groups attached to an aromatic ring is 1. The third kappa shape index (κ3) is 3.64. The van der Waals surface area contributed by atoms with Crippen LogP contribution in [0, 0.1) is 0 Å². The molecule has 0 atom stereocenters. The fraction of sp³-hybridized carbons (Fsp3) is 0.444. The Kier molecular flexibility index (Phi) is 5.34. The number of nitrogens with two attached hydrogens (primary N) is 1. The van der Waals surface area contributed by atoms with Crippen LogP contribution in [0.5, 0.6) is 5.75 Å². The zero-order valence-corrected chi connectivity index (χ0v) is 10.3. The molecule has 84 valence electrons. The van der Waals surface area contributed by atoms with Crippen molar-refractivity contribution < 1.29 is 4.74 Å². The SMILES string of the molecule is C=CCSCCNc1snc(N)c1OC. The smallest absolute Gasteiger partial charge is 0.197 e. The van der Waals surface area contributed by atoms with Crippen molar-refractivity contribution in [1.29, 1.82) is 0 Å². The van der Waals surface area contributed by atoms with Gasteiger partial charge in [0.25, 0.3) is 0 Å². The standard InChI is InChI=1S/C9H15N3OS2/c1-3-5-14-6-4-11-9-7(13-2)8(10)12-15-9/h3,11H,1,4-6H2,2H3,(H2,10,12). The molecule has 0 aliphatic heterocycles. The van der Waals surface area contributed by atoms with E-state index in [2.05, 4.69) is 16.3 Å². The average Bonchev–Trinajstić information content (AvgIpc) is 2.59. The van der Waals surface area contributed by atoms with Gasteiger partial charge in [-0.25, -0.2) is 0 Å². The Hall–Kier alpha value is -0.880. The molecule has 1 aromatic rings. The quantitative estimate of drug-likeness (QED) is 0.569. The number of methoxy groups -OCH3 is 1. The number of nitrogens with zero attached hydrogens (tertiary/aromatic N) is 1. The van der Waals surface area contributed by atoms with Gasteiger partial charge in [0.1, 0.15) is 0 Å². The molecule has 0 aromatic carbocycles. The molecular formula is C9H15N3OS2. The van der Waals surface area contributed by atoms with E-state index in [4.69, 9.17) is 10.5 Å². The van der Waals surface area contributed by atoms with Crippen molar-refractivity contribution in [2.24, 2.45) is 0 Å². The van der Waals surface area contributed by atoms with E-state index >= 15 is 0 Å². The van der Waals surface area contributed by atoms with Crippen molar-refractivity contribution in [2.45, 2.75) is 0 Å². The van der Waals surface area contributed by atoms with Gasteiger partial charge in [-0.05, 0) is 11.5 Å². The summed E-state index contributed by atoms with van der Waals surface area (Å²) in [6, 6.07) is 0. The lowest BCUT2D eigenvalue weighted by molar-refractivity contribution is 0.419. The van der Waals surface area contributed by atoms with Crippen molar-refractivity contribution in [3.05, 3.63) is 12.7 Å². The van der Waals surface area contributed by atoms with E-state index in [9.17, 15) is 0 Å². The minimum Gasteiger partial charge on any atom is -0.490 e.